The lowest BCUT2D eigenvalue weighted by atomic mass is 10.1. The van der Waals surface area contributed by atoms with Crippen LogP contribution in [0.1, 0.15) is 6.92 Å². The smallest absolute Gasteiger partial charge is 0.329 e. The zero-order valence-electron chi connectivity index (χ0n) is 11.5. The fraction of sp³-hybridized carbons (Fsp3) is 0.286. The van der Waals surface area contributed by atoms with Gasteiger partial charge in [-0.1, -0.05) is 41.4 Å². The number of H-pyrrole nitrogens is 1. The van der Waals surface area contributed by atoms with E-state index in [1.807, 2.05) is 0 Å². The first kappa shape index (κ1) is 15.8. The van der Waals surface area contributed by atoms with Crippen LogP contribution < -0.4 is 11.2 Å². The topological polar surface area (TPSA) is 64.1 Å². The Morgan fingerprint density at radius 2 is 1.95 bits per heavy atom. The molecule has 0 bridgehead atoms. The van der Waals surface area contributed by atoms with E-state index in [2.05, 4.69) is 4.98 Å². The van der Waals surface area contributed by atoms with Gasteiger partial charge in [0, 0.05) is 17.7 Å². The quantitative estimate of drug-likeness (QED) is 0.877. The fourth-order valence-electron chi connectivity index (χ4n) is 1.94. The summed E-state index contributed by atoms with van der Waals surface area (Å²) in [6.45, 7) is 1.88. The molecule has 0 aliphatic carbocycles. The summed E-state index contributed by atoms with van der Waals surface area (Å²) in [5.41, 5.74) is -0.431. The van der Waals surface area contributed by atoms with E-state index in [0.717, 1.165) is 4.57 Å². The molecule has 1 aromatic heterocycles. The van der Waals surface area contributed by atoms with Crippen LogP contribution in [-0.4, -0.2) is 22.8 Å². The minimum absolute atomic E-state index is 0.0283. The molecule has 0 saturated heterocycles. The summed E-state index contributed by atoms with van der Waals surface area (Å²) in [5.74, 6) is 0. The molecule has 0 radical (unpaired) electrons. The van der Waals surface area contributed by atoms with E-state index in [1.54, 1.807) is 31.2 Å². The first-order valence-electron chi connectivity index (χ1n) is 6.26. The normalized spacial score (nSPS) is 12.4. The molecule has 21 heavy (non-hydrogen) atoms. The molecule has 1 atom stereocenters. The number of aromatic nitrogens is 2. The molecule has 1 unspecified atom stereocenters. The third-order valence-corrected chi connectivity index (χ3v) is 3.74. The molecule has 1 N–H and O–H groups in total. The third-order valence-electron chi connectivity index (χ3n) is 3.13. The van der Waals surface area contributed by atoms with Gasteiger partial charge >= 0.3 is 5.69 Å². The Labute approximate surface area is 131 Å². The summed E-state index contributed by atoms with van der Waals surface area (Å²) in [4.78, 5) is 26.9. The van der Waals surface area contributed by atoms with Gasteiger partial charge in [0.15, 0.2) is 0 Å². The molecule has 1 heterocycles. The Hall–Kier alpha value is -1.56. The second-order valence-corrected chi connectivity index (χ2v) is 5.35. The first-order chi connectivity index (χ1) is 9.95. The van der Waals surface area contributed by atoms with Crippen molar-refractivity contribution in [3.8, 4) is 11.1 Å². The first-order valence-corrected chi connectivity index (χ1v) is 7.01. The Balaban J connectivity index is 2.68. The van der Waals surface area contributed by atoms with Gasteiger partial charge in [0.2, 0.25) is 0 Å². The van der Waals surface area contributed by atoms with Crippen molar-refractivity contribution in [3.63, 3.8) is 0 Å². The van der Waals surface area contributed by atoms with Crippen LogP contribution >= 0.6 is 23.2 Å². The van der Waals surface area contributed by atoms with E-state index < -0.39 is 11.2 Å². The van der Waals surface area contributed by atoms with Crippen LogP contribution in [-0.2, 0) is 11.3 Å². The third kappa shape index (κ3) is 3.20. The molecule has 0 fully saturated rings. The summed E-state index contributed by atoms with van der Waals surface area (Å²) in [6.07, 6.45) is -0.288. The van der Waals surface area contributed by atoms with E-state index in [1.165, 1.54) is 7.11 Å². The molecule has 5 nitrogen and oxygen atoms in total. The SMILES string of the molecule is COC(C)Cn1c(=O)[nH]c(Cl)c(-c2ccccc2Cl)c1=O. The Bertz CT molecular complexity index is 768. The van der Waals surface area contributed by atoms with Gasteiger partial charge in [-0.15, -0.1) is 0 Å². The summed E-state index contributed by atoms with van der Waals surface area (Å²) < 4.78 is 6.15. The number of hydrogen-bond donors (Lipinski definition) is 1. The van der Waals surface area contributed by atoms with Crippen molar-refractivity contribution in [2.45, 2.75) is 19.6 Å². The van der Waals surface area contributed by atoms with Crippen LogP contribution in [0.15, 0.2) is 33.9 Å². The molecule has 0 spiro atoms. The van der Waals surface area contributed by atoms with Crippen molar-refractivity contribution in [1.29, 1.82) is 0 Å². The highest BCUT2D eigenvalue weighted by Crippen LogP contribution is 2.28. The van der Waals surface area contributed by atoms with Crippen molar-refractivity contribution >= 4 is 23.2 Å². The predicted molar refractivity (Wildman–Crippen MR) is 83.2 cm³/mol. The van der Waals surface area contributed by atoms with Crippen LogP contribution in [0.5, 0.6) is 0 Å². The maximum atomic E-state index is 12.6. The highest BCUT2D eigenvalue weighted by Gasteiger charge is 2.17. The number of rotatable bonds is 4. The fourth-order valence-corrected chi connectivity index (χ4v) is 2.43. The number of halogens is 2. The average molecular weight is 329 g/mol. The monoisotopic (exact) mass is 328 g/mol. The molecule has 0 aliphatic heterocycles. The van der Waals surface area contributed by atoms with Gasteiger partial charge in [-0.2, -0.15) is 0 Å². The minimum atomic E-state index is -0.579. The van der Waals surface area contributed by atoms with E-state index >= 15 is 0 Å². The van der Waals surface area contributed by atoms with Gasteiger partial charge in [-0.3, -0.25) is 14.3 Å². The van der Waals surface area contributed by atoms with Gasteiger partial charge in [-0.25, -0.2) is 4.79 Å². The van der Waals surface area contributed by atoms with E-state index in [0.29, 0.717) is 10.6 Å². The summed E-state index contributed by atoms with van der Waals surface area (Å²) in [7, 11) is 1.51. The average Bonchev–Trinajstić information content (AvgIpc) is 2.45. The van der Waals surface area contributed by atoms with Gasteiger partial charge in [0.25, 0.3) is 5.56 Å². The maximum absolute atomic E-state index is 12.6. The molecule has 1 aromatic carbocycles. The molecule has 7 heteroatoms. The van der Waals surface area contributed by atoms with Gasteiger partial charge in [0.1, 0.15) is 5.15 Å². The summed E-state index contributed by atoms with van der Waals surface area (Å²) in [6, 6.07) is 6.81. The Kier molecular flexibility index (Phi) is 4.88. The lowest BCUT2D eigenvalue weighted by molar-refractivity contribution is 0.101. The molecular weight excluding hydrogens is 315 g/mol. The molecular formula is C14H14Cl2N2O3. The number of hydrogen-bond acceptors (Lipinski definition) is 3. The maximum Gasteiger partial charge on any atom is 0.329 e. The van der Waals surface area contributed by atoms with E-state index in [9.17, 15) is 9.59 Å². The molecule has 0 saturated carbocycles. The van der Waals surface area contributed by atoms with Crippen molar-refractivity contribution < 1.29 is 4.74 Å². The molecule has 112 valence electrons. The number of nitrogens with zero attached hydrogens (tertiary/aromatic N) is 1. The van der Waals surface area contributed by atoms with E-state index in [4.69, 9.17) is 27.9 Å². The Morgan fingerprint density at radius 1 is 1.29 bits per heavy atom. The van der Waals surface area contributed by atoms with Crippen LogP contribution in [0.25, 0.3) is 11.1 Å². The molecule has 2 aromatic rings. The second kappa shape index (κ2) is 6.47. The van der Waals surface area contributed by atoms with Gasteiger partial charge < -0.3 is 4.74 Å². The lowest BCUT2D eigenvalue weighted by Gasteiger charge is -2.13. The van der Waals surface area contributed by atoms with Gasteiger partial charge in [0.05, 0.1) is 18.2 Å². The summed E-state index contributed by atoms with van der Waals surface area (Å²) >= 11 is 12.1. The highest BCUT2D eigenvalue weighted by molar-refractivity contribution is 6.35. The van der Waals surface area contributed by atoms with Gasteiger partial charge in [-0.05, 0) is 13.0 Å². The lowest BCUT2D eigenvalue weighted by Crippen LogP contribution is -2.39. The zero-order valence-corrected chi connectivity index (χ0v) is 13.0. The minimum Gasteiger partial charge on any atom is -0.380 e. The molecule has 2 rings (SSSR count). The zero-order chi connectivity index (χ0) is 15.6. The van der Waals surface area contributed by atoms with E-state index in [-0.39, 0.29) is 23.4 Å². The second-order valence-electron chi connectivity index (χ2n) is 4.56. The van der Waals surface area contributed by atoms with Crippen LogP contribution in [0.2, 0.25) is 10.2 Å². The number of aromatic amines is 1. The summed E-state index contributed by atoms with van der Waals surface area (Å²) in [5, 5.41) is 0.356. The van der Waals surface area contributed by atoms with Crippen molar-refractivity contribution in [2.24, 2.45) is 0 Å². The van der Waals surface area contributed by atoms with Crippen molar-refractivity contribution in [2.75, 3.05) is 7.11 Å². The van der Waals surface area contributed by atoms with Crippen LogP contribution in [0.3, 0.4) is 0 Å². The predicted octanol–water partition coefficient (Wildman–Crippen LogP) is 2.55. The number of nitrogens with one attached hydrogen (secondary N) is 1. The number of benzene rings is 1. The Morgan fingerprint density at radius 3 is 2.57 bits per heavy atom. The number of methoxy groups -OCH3 is 1. The largest absolute Gasteiger partial charge is 0.380 e. The van der Waals surface area contributed by atoms with Crippen LogP contribution in [0.4, 0.5) is 0 Å². The van der Waals surface area contributed by atoms with Crippen molar-refractivity contribution in [3.05, 3.63) is 55.3 Å². The molecule has 0 aliphatic rings. The standard InChI is InChI=1S/C14H14Cl2N2O3/c1-8(21-2)7-18-13(19)11(12(16)17-14(18)20)9-5-3-4-6-10(9)15/h3-6,8H,7H2,1-2H3,(H,17,20). The van der Waals surface area contributed by atoms with Crippen LogP contribution in [0, 0.1) is 0 Å². The highest BCUT2D eigenvalue weighted by atomic mass is 35.5. The van der Waals surface area contributed by atoms with Crippen molar-refractivity contribution in [1.82, 2.24) is 9.55 Å². The molecule has 0 amide bonds. The number of ether oxygens (including phenoxy) is 1.